The lowest BCUT2D eigenvalue weighted by Crippen LogP contribution is -2.85. The average Bonchev–Trinajstić information content (AvgIpc) is 3.43. The molecule has 4 fully saturated rings. The number of epoxide rings is 1. The van der Waals surface area contributed by atoms with E-state index in [0.717, 1.165) is 0 Å². The van der Waals surface area contributed by atoms with Crippen LogP contribution in [0, 0.1) is 22.2 Å². The molecule has 10 nitrogen and oxygen atoms in total. The smallest absolute Gasteiger partial charge is 0.339 e. The predicted molar refractivity (Wildman–Crippen MR) is 123 cm³/mol. The van der Waals surface area contributed by atoms with Crippen LogP contribution in [0.5, 0.6) is 0 Å². The molecule has 2 N–H and O–H groups in total. The van der Waals surface area contributed by atoms with E-state index in [1.807, 2.05) is 6.92 Å². The van der Waals surface area contributed by atoms with Gasteiger partial charge in [0.1, 0.15) is 17.3 Å². The maximum atomic E-state index is 14.5. The largest absolute Gasteiger partial charge is 0.472 e. The third-order valence-corrected chi connectivity index (χ3v) is 10.7. The minimum absolute atomic E-state index is 0.378. The topological polar surface area (TPSA) is 145 Å². The Bertz CT molecular complexity index is 1250. The van der Waals surface area contributed by atoms with Gasteiger partial charge in [-0.2, -0.15) is 0 Å². The number of ketones is 1. The molecule has 1 aromatic rings. The van der Waals surface area contributed by atoms with Gasteiger partial charge in [-0.1, -0.05) is 26.8 Å². The van der Waals surface area contributed by atoms with Gasteiger partial charge in [0.25, 0.3) is 0 Å². The van der Waals surface area contributed by atoms with Crippen molar-refractivity contribution in [2.45, 2.75) is 82.3 Å². The normalized spacial score (nSPS) is 51.6. The molecule has 3 aliphatic heterocycles. The van der Waals surface area contributed by atoms with Gasteiger partial charge >= 0.3 is 11.9 Å². The summed E-state index contributed by atoms with van der Waals surface area (Å²) in [6.45, 7) is 8.18. The van der Waals surface area contributed by atoms with E-state index in [1.54, 1.807) is 19.9 Å². The van der Waals surface area contributed by atoms with Crippen LogP contribution in [0.2, 0.25) is 0 Å². The van der Waals surface area contributed by atoms with E-state index in [4.69, 9.17) is 23.4 Å². The molecule has 10 heteroatoms. The number of methoxy groups -OCH3 is 1. The molecular formula is C27H32O10. The van der Waals surface area contributed by atoms with Crippen molar-refractivity contribution in [3.63, 3.8) is 0 Å². The molecule has 6 rings (SSSR count). The van der Waals surface area contributed by atoms with Crippen molar-refractivity contribution >= 4 is 17.7 Å². The first kappa shape index (κ1) is 24.8. The minimum atomic E-state index is -2.61. The summed E-state index contributed by atoms with van der Waals surface area (Å²) in [6.07, 6.45) is 4.71. The maximum Gasteiger partial charge on any atom is 0.339 e. The third-order valence-electron chi connectivity index (χ3n) is 10.7. The van der Waals surface area contributed by atoms with Crippen molar-refractivity contribution in [1.82, 2.24) is 0 Å². The van der Waals surface area contributed by atoms with Crippen LogP contribution in [0.25, 0.3) is 0 Å². The second kappa shape index (κ2) is 6.72. The van der Waals surface area contributed by atoms with Gasteiger partial charge in [-0.25, -0.2) is 9.59 Å². The molecule has 2 saturated carbocycles. The van der Waals surface area contributed by atoms with E-state index in [0.29, 0.717) is 18.4 Å². The first-order chi connectivity index (χ1) is 17.1. The fourth-order valence-electron chi connectivity index (χ4n) is 8.89. The number of hydrogen-bond acceptors (Lipinski definition) is 10. The van der Waals surface area contributed by atoms with E-state index in [2.05, 4.69) is 0 Å². The zero-order chi connectivity index (χ0) is 27.0. The molecule has 4 heterocycles. The molecule has 1 aromatic heterocycles. The number of cyclic esters (lactones) is 2. The second-order valence-electron chi connectivity index (χ2n) is 12.3. The second-order valence-corrected chi connectivity index (χ2v) is 12.3. The molecule has 5 aliphatic rings. The van der Waals surface area contributed by atoms with Gasteiger partial charge < -0.3 is 33.6 Å². The van der Waals surface area contributed by atoms with Gasteiger partial charge in [-0.15, -0.1) is 0 Å². The monoisotopic (exact) mass is 516 g/mol. The summed E-state index contributed by atoms with van der Waals surface area (Å²) in [5.74, 6) is -5.68. The Hall–Kier alpha value is -2.53. The van der Waals surface area contributed by atoms with Crippen molar-refractivity contribution in [2.24, 2.45) is 22.2 Å². The summed E-state index contributed by atoms with van der Waals surface area (Å²) in [5, 5.41) is 24.6. The summed E-state index contributed by atoms with van der Waals surface area (Å²) < 4.78 is 28.6. The average molecular weight is 517 g/mol. The molecule has 0 aromatic carbocycles. The summed E-state index contributed by atoms with van der Waals surface area (Å²) >= 11 is 0. The van der Waals surface area contributed by atoms with Gasteiger partial charge in [0, 0.05) is 29.6 Å². The predicted octanol–water partition coefficient (Wildman–Crippen LogP) is 1.98. The highest BCUT2D eigenvalue weighted by Gasteiger charge is 2.94. The standard InChI is InChI=1S/C27H32O10/c1-21(2)25(31)20(30)27(32,33-6)24(5)15(22(25,3)11-8-16(28)36-21)7-10-23(4)17(14-9-12-34-13-14)35-19(29)18-26(23,24)37-18/h8-9,11-13,15,17-18,31-32H,7,10H2,1-6H3/t15-,17+,18-,22-,23+,24-,25-,26-,27+/m1/s1. The zero-order valence-electron chi connectivity index (χ0n) is 21.7. The number of hydrogen-bond donors (Lipinski definition) is 2. The molecule has 0 amide bonds. The Morgan fingerprint density at radius 2 is 1.76 bits per heavy atom. The molecule has 9 atom stereocenters. The summed E-state index contributed by atoms with van der Waals surface area (Å²) in [6, 6.07) is 1.71. The molecule has 2 saturated heterocycles. The Morgan fingerprint density at radius 3 is 2.38 bits per heavy atom. The SMILES string of the molecule is CO[C@@]1(O)C(=O)[C@@]2(O)C(C)(C)OC(=O)C=C[C@]2(C)[C@H]2CC[C@@]3(C)[C@H](c4ccoc4)OC(=O)[C@H]4O[C@]43[C@@]21C. The van der Waals surface area contributed by atoms with Gasteiger partial charge in [-0.3, -0.25) is 4.79 Å². The van der Waals surface area contributed by atoms with Crippen molar-refractivity contribution < 1.29 is 48.0 Å². The van der Waals surface area contributed by atoms with Gasteiger partial charge in [0.2, 0.25) is 11.6 Å². The number of esters is 2. The van der Waals surface area contributed by atoms with Gasteiger partial charge in [-0.05, 0) is 38.7 Å². The molecule has 0 radical (unpaired) electrons. The number of aliphatic hydroxyl groups is 2. The van der Waals surface area contributed by atoms with E-state index in [-0.39, 0.29) is 0 Å². The summed E-state index contributed by atoms with van der Waals surface area (Å²) in [5.41, 5.74) is -8.70. The molecule has 0 unspecified atom stereocenters. The summed E-state index contributed by atoms with van der Waals surface area (Å²) in [4.78, 5) is 40.3. The number of Topliss-reactive ketones (excluding diaryl/α,β-unsaturated/α-hetero) is 1. The van der Waals surface area contributed by atoms with Crippen molar-refractivity contribution in [2.75, 3.05) is 7.11 Å². The van der Waals surface area contributed by atoms with E-state index >= 15 is 0 Å². The fraction of sp³-hybridized carbons (Fsp3) is 0.667. The van der Waals surface area contributed by atoms with Crippen LogP contribution >= 0.6 is 0 Å². The number of furan rings is 1. The summed E-state index contributed by atoms with van der Waals surface area (Å²) in [7, 11) is 1.19. The molecule has 37 heavy (non-hydrogen) atoms. The van der Waals surface area contributed by atoms with Gasteiger partial charge in [0.05, 0.1) is 17.9 Å². The highest BCUT2D eigenvalue weighted by atomic mass is 16.7. The maximum absolute atomic E-state index is 14.5. The number of carbonyl (C=O) groups is 3. The van der Waals surface area contributed by atoms with Gasteiger partial charge in [0.15, 0.2) is 11.7 Å². The Kier molecular flexibility index (Phi) is 4.50. The lowest BCUT2D eigenvalue weighted by atomic mass is 9.35. The first-order valence-electron chi connectivity index (χ1n) is 12.5. The van der Waals surface area contributed by atoms with E-state index < -0.39 is 74.7 Å². The van der Waals surface area contributed by atoms with Crippen LogP contribution in [0.4, 0.5) is 0 Å². The van der Waals surface area contributed by atoms with Crippen molar-refractivity contribution in [3.05, 3.63) is 36.3 Å². The van der Waals surface area contributed by atoms with Crippen molar-refractivity contribution in [3.8, 4) is 0 Å². The quantitative estimate of drug-likeness (QED) is 0.340. The van der Waals surface area contributed by atoms with E-state index in [1.165, 1.54) is 45.6 Å². The van der Waals surface area contributed by atoms with Crippen LogP contribution in [-0.2, 0) is 33.3 Å². The van der Waals surface area contributed by atoms with Crippen LogP contribution < -0.4 is 0 Å². The molecule has 0 bridgehead atoms. The highest BCUT2D eigenvalue weighted by Crippen LogP contribution is 2.80. The molecular weight excluding hydrogens is 484 g/mol. The number of rotatable bonds is 2. The number of fused-ring (bicyclic) bond motifs is 3. The van der Waals surface area contributed by atoms with Crippen LogP contribution in [-0.4, -0.2) is 63.7 Å². The van der Waals surface area contributed by atoms with Crippen LogP contribution in [0.3, 0.4) is 0 Å². The molecule has 2 aliphatic carbocycles. The Labute approximate surface area is 213 Å². The van der Waals surface area contributed by atoms with Crippen LogP contribution in [0.15, 0.2) is 35.2 Å². The Balaban J connectivity index is 1.64. The lowest BCUT2D eigenvalue weighted by Gasteiger charge is -2.70. The Morgan fingerprint density at radius 1 is 1.05 bits per heavy atom. The van der Waals surface area contributed by atoms with Crippen molar-refractivity contribution in [1.29, 1.82) is 0 Å². The molecule has 1 spiro atoms. The van der Waals surface area contributed by atoms with Crippen LogP contribution in [0.1, 0.15) is 59.1 Å². The first-order valence-corrected chi connectivity index (χ1v) is 12.5. The highest BCUT2D eigenvalue weighted by molar-refractivity contribution is 6.00. The molecule has 200 valence electrons. The van der Waals surface area contributed by atoms with E-state index in [9.17, 15) is 24.6 Å². The number of carbonyl (C=O) groups excluding carboxylic acids is 3. The minimum Gasteiger partial charge on any atom is -0.472 e. The fourth-order valence-corrected chi connectivity index (χ4v) is 8.89. The third kappa shape index (κ3) is 2.28. The zero-order valence-corrected chi connectivity index (χ0v) is 21.7. The number of ether oxygens (including phenoxy) is 4. The lowest BCUT2D eigenvalue weighted by molar-refractivity contribution is -0.354.